The lowest BCUT2D eigenvalue weighted by molar-refractivity contribution is -0.123. The normalized spacial score (nSPS) is 10.7. The number of amides is 1. The lowest BCUT2D eigenvalue weighted by Gasteiger charge is -2.13. The summed E-state index contributed by atoms with van der Waals surface area (Å²) in [6, 6.07) is 23.2. The Kier molecular flexibility index (Phi) is 8.28. The van der Waals surface area contributed by atoms with Crippen molar-refractivity contribution < 1.29 is 14.3 Å². The Morgan fingerprint density at radius 2 is 1.74 bits per heavy atom. The maximum absolute atomic E-state index is 11.9. The van der Waals surface area contributed by atoms with Crippen LogP contribution < -0.4 is 19.8 Å². The molecule has 3 aromatic carbocycles. The molecule has 3 aromatic rings. The highest BCUT2D eigenvalue weighted by molar-refractivity contribution is 14.1. The molecule has 1 N–H and O–H groups in total. The Bertz CT molecular complexity index is 1020. The molecule has 0 aliphatic carbocycles. The molecule has 0 aliphatic rings. The van der Waals surface area contributed by atoms with Crippen LogP contribution in [0.5, 0.6) is 11.5 Å². The molecule has 31 heavy (non-hydrogen) atoms. The molecule has 0 aromatic heterocycles. The summed E-state index contributed by atoms with van der Waals surface area (Å²) in [5, 5.41) is 3.98. The molecule has 3 rings (SSSR count). The highest BCUT2D eigenvalue weighted by Gasteiger charge is 2.03. The molecule has 0 spiro atoms. The molecule has 0 saturated heterocycles. The first-order chi connectivity index (χ1) is 15.0. The number of halogens is 1. The number of anilines is 1. The summed E-state index contributed by atoms with van der Waals surface area (Å²) in [6.45, 7) is 0.400. The van der Waals surface area contributed by atoms with Gasteiger partial charge in [-0.1, -0.05) is 18.2 Å². The second kappa shape index (κ2) is 11.4. The van der Waals surface area contributed by atoms with Crippen LogP contribution in [0.3, 0.4) is 0 Å². The Morgan fingerprint density at radius 1 is 1.00 bits per heavy atom. The van der Waals surface area contributed by atoms with Crippen LogP contribution in [0.4, 0.5) is 5.69 Å². The molecule has 0 aliphatic heterocycles. The van der Waals surface area contributed by atoms with Gasteiger partial charge in [0.1, 0.15) is 18.1 Å². The van der Waals surface area contributed by atoms with Crippen LogP contribution in [-0.2, 0) is 11.4 Å². The topological polar surface area (TPSA) is 63.2 Å². The monoisotopic (exact) mass is 529 g/mol. The van der Waals surface area contributed by atoms with Gasteiger partial charge in [-0.05, 0) is 82.2 Å². The minimum absolute atomic E-state index is 0.112. The quantitative estimate of drug-likeness (QED) is 0.253. The fourth-order valence-electron chi connectivity index (χ4n) is 2.61. The molecule has 0 fully saturated rings. The van der Waals surface area contributed by atoms with Crippen LogP contribution in [0.2, 0.25) is 0 Å². The molecule has 0 radical (unpaired) electrons. The van der Waals surface area contributed by atoms with Gasteiger partial charge in [0, 0.05) is 29.4 Å². The molecular formula is C24H24IN3O3. The van der Waals surface area contributed by atoms with Gasteiger partial charge >= 0.3 is 0 Å². The number of hydrogen-bond acceptors (Lipinski definition) is 5. The number of nitrogens with one attached hydrogen (secondary N) is 1. The van der Waals surface area contributed by atoms with Gasteiger partial charge in [-0.3, -0.25) is 4.79 Å². The van der Waals surface area contributed by atoms with Crippen molar-refractivity contribution in [1.82, 2.24) is 5.43 Å². The van der Waals surface area contributed by atoms with E-state index < -0.39 is 0 Å². The largest absolute Gasteiger partial charge is 0.489 e. The fourth-order valence-corrected chi connectivity index (χ4v) is 2.97. The molecule has 7 heteroatoms. The zero-order valence-electron chi connectivity index (χ0n) is 17.4. The minimum atomic E-state index is -0.330. The summed E-state index contributed by atoms with van der Waals surface area (Å²) in [5.74, 6) is 1.07. The zero-order valence-corrected chi connectivity index (χ0v) is 19.6. The van der Waals surface area contributed by atoms with Gasteiger partial charge in [0.25, 0.3) is 5.91 Å². The summed E-state index contributed by atoms with van der Waals surface area (Å²) >= 11 is 2.28. The maximum Gasteiger partial charge on any atom is 0.277 e. The smallest absolute Gasteiger partial charge is 0.277 e. The summed E-state index contributed by atoms with van der Waals surface area (Å²) in [7, 11) is 3.89. The highest BCUT2D eigenvalue weighted by Crippen LogP contribution is 2.19. The molecule has 6 nitrogen and oxygen atoms in total. The predicted octanol–water partition coefficient (Wildman–Crippen LogP) is 4.47. The molecule has 0 unspecified atom stereocenters. The maximum atomic E-state index is 11.9. The van der Waals surface area contributed by atoms with Crippen LogP contribution in [0.25, 0.3) is 0 Å². The molecule has 0 atom stereocenters. The molecule has 160 valence electrons. The fraction of sp³-hybridized carbons (Fsp3) is 0.167. The number of rotatable bonds is 9. The number of carbonyl (C=O) groups is 1. The first-order valence-electron chi connectivity index (χ1n) is 9.69. The number of hydrogen-bond donors (Lipinski definition) is 1. The standard InChI is InChI=1S/C24H24IN3O3/c1-28(2)21-4-3-5-23(14-21)31-17-24(29)27-26-15-18-8-12-22(13-9-18)30-16-19-6-10-20(25)11-7-19/h3-15H,16-17H2,1-2H3,(H,27,29)/b26-15+. The number of ether oxygens (including phenoxy) is 2. The average molecular weight is 529 g/mol. The summed E-state index contributed by atoms with van der Waals surface area (Å²) in [6.07, 6.45) is 1.58. The van der Waals surface area contributed by atoms with Crippen molar-refractivity contribution >= 4 is 40.4 Å². The van der Waals surface area contributed by atoms with E-state index in [0.717, 1.165) is 22.6 Å². The SMILES string of the molecule is CN(C)c1cccc(OCC(=O)N/N=C/c2ccc(OCc3ccc(I)cc3)cc2)c1. The van der Waals surface area contributed by atoms with Gasteiger partial charge in [0.15, 0.2) is 6.61 Å². The second-order valence-electron chi connectivity index (χ2n) is 6.96. The molecular weight excluding hydrogens is 505 g/mol. The van der Waals surface area contributed by atoms with E-state index in [0.29, 0.717) is 12.4 Å². The third kappa shape index (κ3) is 7.60. The molecule has 0 saturated carbocycles. The number of benzene rings is 3. The van der Waals surface area contributed by atoms with Gasteiger partial charge in [-0.2, -0.15) is 5.10 Å². The summed E-state index contributed by atoms with van der Waals surface area (Å²) < 4.78 is 12.5. The molecule has 1 amide bonds. The Labute approximate surface area is 196 Å². The van der Waals surface area contributed by atoms with E-state index in [-0.39, 0.29) is 12.5 Å². The number of nitrogens with zero attached hydrogens (tertiary/aromatic N) is 2. The van der Waals surface area contributed by atoms with Gasteiger partial charge in [0.05, 0.1) is 6.21 Å². The molecule has 0 bridgehead atoms. The third-order valence-corrected chi connectivity index (χ3v) is 5.02. The van der Waals surface area contributed by atoms with Crippen molar-refractivity contribution in [2.75, 3.05) is 25.6 Å². The van der Waals surface area contributed by atoms with E-state index in [4.69, 9.17) is 9.47 Å². The van der Waals surface area contributed by atoms with Crippen LogP contribution in [0.1, 0.15) is 11.1 Å². The molecule has 0 heterocycles. The first kappa shape index (κ1) is 22.6. The minimum Gasteiger partial charge on any atom is -0.489 e. The van der Waals surface area contributed by atoms with Crippen LogP contribution >= 0.6 is 22.6 Å². The van der Waals surface area contributed by atoms with Crippen LogP contribution in [0, 0.1) is 3.57 Å². The van der Waals surface area contributed by atoms with E-state index in [1.54, 1.807) is 6.21 Å². The van der Waals surface area contributed by atoms with Crippen molar-refractivity contribution in [1.29, 1.82) is 0 Å². The van der Waals surface area contributed by atoms with Gasteiger partial charge in [0.2, 0.25) is 0 Å². The van der Waals surface area contributed by atoms with E-state index in [1.165, 1.54) is 3.57 Å². The van der Waals surface area contributed by atoms with E-state index in [1.807, 2.05) is 79.7 Å². The first-order valence-corrected chi connectivity index (χ1v) is 10.8. The summed E-state index contributed by atoms with van der Waals surface area (Å²) in [4.78, 5) is 13.9. The van der Waals surface area contributed by atoms with Crippen LogP contribution in [-0.4, -0.2) is 32.8 Å². The lowest BCUT2D eigenvalue weighted by Crippen LogP contribution is -2.24. The van der Waals surface area contributed by atoms with Gasteiger partial charge in [-0.25, -0.2) is 5.43 Å². The number of hydrazone groups is 1. The van der Waals surface area contributed by atoms with Crippen molar-refractivity contribution in [3.63, 3.8) is 0 Å². The van der Waals surface area contributed by atoms with E-state index in [2.05, 4.69) is 45.3 Å². The Hall–Kier alpha value is -3.07. The highest BCUT2D eigenvalue weighted by atomic mass is 127. The van der Waals surface area contributed by atoms with Crippen molar-refractivity contribution in [2.24, 2.45) is 5.10 Å². The zero-order chi connectivity index (χ0) is 22.1. The van der Waals surface area contributed by atoms with Crippen molar-refractivity contribution in [3.05, 3.63) is 87.5 Å². The summed E-state index contributed by atoms with van der Waals surface area (Å²) in [5.41, 5.74) is 5.43. The van der Waals surface area contributed by atoms with Crippen molar-refractivity contribution in [3.8, 4) is 11.5 Å². The lowest BCUT2D eigenvalue weighted by atomic mass is 10.2. The second-order valence-corrected chi connectivity index (χ2v) is 8.20. The van der Waals surface area contributed by atoms with Crippen molar-refractivity contribution in [2.45, 2.75) is 6.61 Å². The van der Waals surface area contributed by atoms with Gasteiger partial charge in [-0.15, -0.1) is 0 Å². The van der Waals surface area contributed by atoms with E-state index in [9.17, 15) is 4.79 Å². The van der Waals surface area contributed by atoms with Gasteiger partial charge < -0.3 is 14.4 Å². The van der Waals surface area contributed by atoms with E-state index >= 15 is 0 Å². The average Bonchev–Trinajstić information content (AvgIpc) is 2.78. The Balaban J connectivity index is 1.42. The predicted molar refractivity (Wildman–Crippen MR) is 132 cm³/mol. The number of carbonyl (C=O) groups excluding carboxylic acids is 1. The third-order valence-electron chi connectivity index (χ3n) is 4.31. The Morgan fingerprint density at radius 3 is 2.45 bits per heavy atom. The van der Waals surface area contributed by atoms with Crippen LogP contribution in [0.15, 0.2) is 77.9 Å².